The van der Waals surface area contributed by atoms with Crippen molar-refractivity contribution in [2.24, 2.45) is 5.92 Å². The van der Waals surface area contributed by atoms with Crippen molar-refractivity contribution in [2.75, 3.05) is 11.9 Å². The van der Waals surface area contributed by atoms with E-state index in [1.54, 1.807) is 45.9 Å². The second-order valence-corrected chi connectivity index (χ2v) is 6.94. The Hall–Kier alpha value is -2.15. The number of rotatable bonds is 7. The Labute approximate surface area is 148 Å². The van der Waals surface area contributed by atoms with Crippen LogP contribution in [-0.4, -0.2) is 34.4 Å². The number of anilines is 1. The van der Waals surface area contributed by atoms with Gasteiger partial charge in [-0.15, -0.1) is 0 Å². The zero-order chi connectivity index (χ0) is 19.0. The van der Waals surface area contributed by atoms with Gasteiger partial charge in [0.15, 0.2) is 0 Å². The topological polar surface area (TPSA) is 97.8 Å². The predicted molar refractivity (Wildman–Crippen MR) is 94.1 cm³/mol. The molecule has 0 aliphatic carbocycles. The number of ether oxygens (including phenoxy) is 2. The van der Waals surface area contributed by atoms with Crippen molar-refractivity contribution >= 4 is 17.9 Å². The molecule has 0 spiro atoms. The molecule has 1 heterocycles. The summed E-state index contributed by atoms with van der Waals surface area (Å²) in [5.74, 6) is -0.0438. The van der Waals surface area contributed by atoms with E-state index in [9.17, 15) is 14.7 Å². The van der Waals surface area contributed by atoms with Crippen molar-refractivity contribution in [3.63, 3.8) is 0 Å². The molecule has 0 radical (unpaired) electrons. The van der Waals surface area contributed by atoms with Gasteiger partial charge < -0.3 is 14.6 Å². The molecule has 7 heteroatoms. The molecular weight excluding hydrogens is 324 g/mol. The summed E-state index contributed by atoms with van der Waals surface area (Å²) in [5, 5.41) is 12.9. The van der Waals surface area contributed by atoms with Crippen LogP contribution in [0.1, 0.15) is 59.3 Å². The van der Waals surface area contributed by atoms with Crippen molar-refractivity contribution in [1.82, 2.24) is 4.98 Å². The molecule has 2 N–H and O–H groups in total. The minimum absolute atomic E-state index is 0.0571. The summed E-state index contributed by atoms with van der Waals surface area (Å²) in [6, 6.07) is 4.97. The molecule has 1 rings (SSSR count). The molecule has 2 atom stereocenters. The van der Waals surface area contributed by atoms with Crippen molar-refractivity contribution in [2.45, 2.75) is 59.2 Å². The largest absolute Gasteiger partial charge is 0.466 e. The Bertz CT molecular complexity index is 583. The Morgan fingerprint density at radius 3 is 2.60 bits per heavy atom. The molecule has 7 nitrogen and oxygen atoms in total. The van der Waals surface area contributed by atoms with Crippen LogP contribution in [0.4, 0.5) is 10.6 Å². The molecule has 0 aliphatic rings. The van der Waals surface area contributed by atoms with E-state index in [0.717, 1.165) is 0 Å². The standard InChI is InChI=1S/C18H28N2O5/c1-6-24-16(22)11-12(2)10-14(21)13-8-7-9-15(19-13)20-17(23)25-18(3,4)5/h7-9,12,14,21H,6,10-11H2,1-5H3,(H,19,20,23)/t12-,14?/m0/s1. The van der Waals surface area contributed by atoms with Crippen LogP contribution >= 0.6 is 0 Å². The fourth-order valence-electron chi connectivity index (χ4n) is 2.20. The first-order chi connectivity index (χ1) is 11.6. The number of amides is 1. The fourth-order valence-corrected chi connectivity index (χ4v) is 2.20. The third kappa shape index (κ3) is 8.49. The average Bonchev–Trinajstić information content (AvgIpc) is 2.45. The summed E-state index contributed by atoms with van der Waals surface area (Å²) in [7, 11) is 0. The van der Waals surface area contributed by atoms with Crippen LogP contribution in [-0.2, 0) is 14.3 Å². The highest BCUT2D eigenvalue weighted by Crippen LogP contribution is 2.23. The van der Waals surface area contributed by atoms with Crippen molar-refractivity contribution in [3.8, 4) is 0 Å². The van der Waals surface area contributed by atoms with Gasteiger partial charge in [-0.05, 0) is 52.2 Å². The molecule has 0 saturated heterocycles. The summed E-state index contributed by atoms with van der Waals surface area (Å²) in [4.78, 5) is 27.5. The number of carbonyl (C=O) groups is 2. The van der Waals surface area contributed by atoms with E-state index in [4.69, 9.17) is 9.47 Å². The van der Waals surface area contributed by atoms with Gasteiger partial charge in [0.05, 0.1) is 18.4 Å². The smallest absolute Gasteiger partial charge is 0.413 e. The van der Waals surface area contributed by atoms with Crippen molar-refractivity contribution in [3.05, 3.63) is 23.9 Å². The van der Waals surface area contributed by atoms with Gasteiger partial charge in [0.2, 0.25) is 0 Å². The number of hydrogen-bond donors (Lipinski definition) is 2. The molecule has 0 fully saturated rings. The van der Waals surface area contributed by atoms with Crippen molar-refractivity contribution in [1.29, 1.82) is 0 Å². The molecule has 140 valence electrons. The zero-order valence-electron chi connectivity index (χ0n) is 15.5. The van der Waals surface area contributed by atoms with E-state index in [-0.39, 0.29) is 18.3 Å². The number of aromatic nitrogens is 1. The number of carbonyl (C=O) groups excluding carboxylic acids is 2. The van der Waals surface area contributed by atoms with Crippen LogP contribution < -0.4 is 5.32 Å². The van der Waals surface area contributed by atoms with Gasteiger partial charge in [-0.2, -0.15) is 0 Å². The van der Waals surface area contributed by atoms with Crippen LogP contribution in [0.25, 0.3) is 0 Å². The minimum atomic E-state index is -0.843. The first-order valence-corrected chi connectivity index (χ1v) is 8.41. The molecule has 0 aromatic carbocycles. The lowest BCUT2D eigenvalue weighted by atomic mass is 9.98. The number of hydrogen-bond acceptors (Lipinski definition) is 6. The van der Waals surface area contributed by atoms with Crippen LogP contribution in [0.5, 0.6) is 0 Å². The number of pyridine rings is 1. The first-order valence-electron chi connectivity index (χ1n) is 8.41. The number of aliphatic hydroxyl groups excluding tert-OH is 1. The lowest BCUT2D eigenvalue weighted by molar-refractivity contribution is -0.144. The maximum atomic E-state index is 11.8. The molecule has 25 heavy (non-hydrogen) atoms. The van der Waals surface area contributed by atoms with Crippen LogP contribution in [0.3, 0.4) is 0 Å². The zero-order valence-corrected chi connectivity index (χ0v) is 15.5. The molecule has 1 aromatic heterocycles. The Morgan fingerprint density at radius 2 is 2.00 bits per heavy atom. The molecule has 0 bridgehead atoms. The summed E-state index contributed by atoms with van der Waals surface area (Å²) < 4.78 is 10.1. The Balaban J connectivity index is 2.64. The molecule has 0 aliphatic heterocycles. The van der Waals surface area contributed by atoms with Gasteiger partial charge in [0.25, 0.3) is 0 Å². The SMILES string of the molecule is CCOC(=O)C[C@@H](C)CC(O)c1cccc(NC(=O)OC(C)(C)C)n1. The highest BCUT2D eigenvalue weighted by Gasteiger charge is 2.19. The Morgan fingerprint density at radius 1 is 1.32 bits per heavy atom. The number of esters is 1. The third-order valence-electron chi connectivity index (χ3n) is 3.19. The normalized spacial score (nSPS) is 13.7. The summed E-state index contributed by atoms with van der Waals surface area (Å²) in [5.41, 5.74) is -0.187. The van der Waals surface area contributed by atoms with Gasteiger partial charge in [-0.3, -0.25) is 10.1 Å². The summed E-state index contributed by atoms with van der Waals surface area (Å²) in [6.07, 6.45) is -0.852. The molecular formula is C18H28N2O5. The van der Waals surface area contributed by atoms with Gasteiger partial charge >= 0.3 is 12.1 Å². The van der Waals surface area contributed by atoms with Crippen LogP contribution in [0.15, 0.2) is 18.2 Å². The molecule has 1 unspecified atom stereocenters. The van der Waals surface area contributed by atoms with Gasteiger partial charge in [0, 0.05) is 6.42 Å². The van der Waals surface area contributed by atoms with Gasteiger partial charge in [0.1, 0.15) is 11.4 Å². The first kappa shape index (κ1) is 20.9. The molecule has 0 saturated carbocycles. The highest BCUT2D eigenvalue weighted by molar-refractivity contribution is 5.83. The van der Waals surface area contributed by atoms with Crippen molar-refractivity contribution < 1.29 is 24.2 Å². The third-order valence-corrected chi connectivity index (χ3v) is 3.19. The molecule has 1 amide bonds. The lowest BCUT2D eigenvalue weighted by Gasteiger charge is -2.20. The monoisotopic (exact) mass is 352 g/mol. The van der Waals surface area contributed by atoms with Gasteiger partial charge in [-0.1, -0.05) is 13.0 Å². The predicted octanol–water partition coefficient (Wildman–Crippen LogP) is 3.44. The summed E-state index contributed by atoms with van der Waals surface area (Å²) in [6.45, 7) is 9.27. The van der Waals surface area contributed by atoms with E-state index in [2.05, 4.69) is 10.3 Å². The maximum Gasteiger partial charge on any atom is 0.413 e. The van der Waals surface area contributed by atoms with E-state index in [1.807, 2.05) is 6.92 Å². The summed E-state index contributed by atoms with van der Waals surface area (Å²) >= 11 is 0. The lowest BCUT2D eigenvalue weighted by Crippen LogP contribution is -2.27. The maximum absolute atomic E-state index is 11.8. The highest BCUT2D eigenvalue weighted by atomic mass is 16.6. The van der Waals surface area contributed by atoms with Crippen LogP contribution in [0.2, 0.25) is 0 Å². The second kappa shape index (κ2) is 9.36. The number of nitrogens with zero attached hydrogens (tertiary/aromatic N) is 1. The average molecular weight is 352 g/mol. The number of nitrogens with one attached hydrogen (secondary N) is 1. The van der Waals surface area contributed by atoms with E-state index in [0.29, 0.717) is 24.5 Å². The minimum Gasteiger partial charge on any atom is -0.466 e. The second-order valence-electron chi connectivity index (χ2n) is 6.94. The van der Waals surface area contributed by atoms with Gasteiger partial charge in [-0.25, -0.2) is 9.78 Å². The Kier molecular flexibility index (Phi) is 7.83. The van der Waals surface area contributed by atoms with E-state index in [1.165, 1.54) is 0 Å². The molecule has 1 aromatic rings. The van der Waals surface area contributed by atoms with E-state index < -0.39 is 17.8 Å². The fraction of sp³-hybridized carbons (Fsp3) is 0.611. The van der Waals surface area contributed by atoms with E-state index >= 15 is 0 Å². The quantitative estimate of drug-likeness (QED) is 0.730. The van der Waals surface area contributed by atoms with Crippen LogP contribution in [0, 0.1) is 5.92 Å². The number of aliphatic hydroxyl groups is 1.